The van der Waals surface area contributed by atoms with Crippen LogP contribution in [-0.4, -0.2) is 49.7 Å². The molecule has 350 valence electrons. The van der Waals surface area contributed by atoms with E-state index in [0.717, 1.165) is 89.9 Å². The van der Waals surface area contributed by atoms with E-state index in [1.165, 1.54) is 166 Å². The van der Waals surface area contributed by atoms with Gasteiger partial charge < -0.3 is 18.9 Å². The summed E-state index contributed by atoms with van der Waals surface area (Å²) in [7, 11) is 0. The van der Waals surface area contributed by atoms with Crippen molar-refractivity contribution >= 4 is 24.2 Å². The molecule has 0 aromatic rings. The molecule has 10 nitrogen and oxygen atoms in total. The average Bonchev–Trinajstić information content (AvgIpc) is 3.26. The Bertz CT molecular complexity index is 954. The number of carbonyl (C=O) groups excluding carboxylic acids is 4. The van der Waals surface area contributed by atoms with Gasteiger partial charge in [0.15, 0.2) is 0 Å². The smallest absolute Gasteiger partial charge is 0.459 e. The minimum atomic E-state index is -0.997. The first kappa shape index (κ1) is 55.2. The second-order valence-corrected chi connectivity index (χ2v) is 17.3. The number of rotatable bonds is 34. The van der Waals surface area contributed by atoms with Gasteiger partial charge in [0.2, 0.25) is 0 Å². The van der Waals surface area contributed by atoms with Crippen LogP contribution < -0.4 is 0 Å². The highest BCUT2D eigenvalue weighted by Gasteiger charge is 2.18. The van der Waals surface area contributed by atoms with Crippen molar-refractivity contribution in [3.63, 3.8) is 0 Å². The molecule has 0 amide bonds. The van der Waals surface area contributed by atoms with Crippen LogP contribution in [-0.2, 0) is 38.3 Å². The second-order valence-electron chi connectivity index (χ2n) is 17.3. The number of carbonyl (C=O) groups is 4. The van der Waals surface area contributed by atoms with Gasteiger partial charge in [-0.25, -0.2) is 9.59 Å². The summed E-state index contributed by atoms with van der Waals surface area (Å²) in [5, 5.41) is 0. The van der Waals surface area contributed by atoms with Crippen LogP contribution >= 0.6 is 0 Å². The van der Waals surface area contributed by atoms with Gasteiger partial charge in [0.05, 0.1) is 13.2 Å². The summed E-state index contributed by atoms with van der Waals surface area (Å²) >= 11 is 0. The fourth-order valence-corrected chi connectivity index (χ4v) is 7.93. The summed E-state index contributed by atoms with van der Waals surface area (Å²) in [6.45, 7) is 5.07. The van der Waals surface area contributed by atoms with Crippen LogP contribution in [0.1, 0.15) is 258 Å². The van der Waals surface area contributed by atoms with E-state index in [1.54, 1.807) is 0 Å². The van der Waals surface area contributed by atoms with Gasteiger partial charge in [0.25, 0.3) is 0 Å². The van der Waals surface area contributed by atoms with Crippen molar-refractivity contribution in [2.24, 2.45) is 0 Å². The van der Waals surface area contributed by atoms with Crippen molar-refractivity contribution < 1.29 is 47.9 Å². The molecule has 2 aliphatic carbocycles. The van der Waals surface area contributed by atoms with Gasteiger partial charge in [-0.15, -0.1) is 0 Å². The molecule has 2 saturated carbocycles. The average molecular weight is 851 g/mol. The Labute approximate surface area is 366 Å². The highest BCUT2D eigenvalue weighted by molar-refractivity contribution is 5.91. The van der Waals surface area contributed by atoms with Crippen molar-refractivity contribution in [1.29, 1.82) is 0 Å². The second kappa shape index (κ2) is 42.9. The molecule has 2 rings (SSSR count). The van der Waals surface area contributed by atoms with Crippen molar-refractivity contribution in [2.75, 3.05) is 13.2 Å². The van der Waals surface area contributed by atoms with Crippen LogP contribution in [0.5, 0.6) is 0 Å². The number of esters is 2. The molecule has 0 heterocycles. The number of ether oxygens (including phenoxy) is 4. The first-order chi connectivity index (χ1) is 29.4. The van der Waals surface area contributed by atoms with Crippen LogP contribution in [0.4, 0.5) is 9.59 Å². The molecule has 10 heteroatoms. The van der Waals surface area contributed by atoms with Gasteiger partial charge in [-0.05, 0) is 64.2 Å². The first-order valence-corrected chi connectivity index (χ1v) is 25.2. The molecule has 0 saturated heterocycles. The molecule has 0 bridgehead atoms. The maximum Gasteiger partial charge on any atom is 0.549 e. The molecule has 60 heavy (non-hydrogen) atoms. The summed E-state index contributed by atoms with van der Waals surface area (Å²) in [5.74, 6) is -0.866. The van der Waals surface area contributed by atoms with Gasteiger partial charge in [-0.2, -0.15) is 19.4 Å². The maximum absolute atomic E-state index is 11.6. The Kier molecular flexibility index (Phi) is 39.5. The van der Waals surface area contributed by atoms with Gasteiger partial charge in [0.1, 0.15) is 12.2 Å². The zero-order chi connectivity index (χ0) is 43.4. The lowest BCUT2D eigenvalue weighted by Gasteiger charge is -2.21. The fourth-order valence-electron chi connectivity index (χ4n) is 7.93. The Morgan fingerprint density at radius 2 is 0.617 bits per heavy atom. The van der Waals surface area contributed by atoms with E-state index in [9.17, 15) is 19.2 Å². The summed E-state index contributed by atoms with van der Waals surface area (Å²) in [5.41, 5.74) is 0. The Morgan fingerprint density at radius 3 is 0.883 bits per heavy atom. The minimum absolute atomic E-state index is 0.0234. The SMILES string of the molecule is CCCCCCCCCCCCCCCCOC(=O)OOC(=O)OCCCCCCCCCCCCCCCC.O=C(/C=C\C(=O)OC1CCCCC1)OC1CCCCC1. The maximum atomic E-state index is 11.6. The van der Waals surface area contributed by atoms with Crippen LogP contribution in [0.2, 0.25) is 0 Å². The van der Waals surface area contributed by atoms with Gasteiger partial charge in [-0.1, -0.05) is 194 Å². The molecule has 0 atom stereocenters. The first-order valence-electron chi connectivity index (χ1n) is 25.2. The molecule has 0 aromatic carbocycles. The van der Waals surface area contributed by atoms with E-state index in [4.69, 9.17) is 18.9 Å². The minimum Gasteiger partial charge on any atom is -0.459 e. The van der Waals surface area contributed by atoms with Crippen LogP contribution in [0.15, 0.2) is 12.2 Å². The highest BCUT2D eigenvalue weighted by atomic mass is 17.3. The Hall–Kier alpha value is -2.78. The molecular formula is C50H90O10. The summed E-state index contributed by atoms with van der Waals surface area (Å²) in [6, 6.07) is 0. The Balaban J connectivity index is 0.000000742. The number of hydrogen-bond acceptors (Lipinski definition) is 10. The largest absolute Gasteiger partial charge is 0.549 e. The molecule has 0 radical (unpaired) electrons. The molecule has 0 aromatic heterocycles. The van der Waals surface area contributed by atoms with Crippen LogP contribution in [0, 0.1) is 0 Å². The molecule has 0 spiro atoms. The van der Waals surface area contributed by atoms with E-state index in [1.807, 2.05) is 0 Å². The quantitative estimate of drug-likeness (QED) is 0.0154. The summed E-state index contributed by atoms with van der Waals surface area (Å²) in [4.78, 5) is 54.9. The number of hydrogen-bond donors (Lipinski definition) is 0. The van der Waals surface area contributed by atoms with Crippen molar-refractivity contribution in [1.82, 2.24) is 0 Å². The fraction of sp³-hybridized carbons (Fsp3) is 0.880. The highest BCUT2D eigenvalue weighted by Crippen LogP contribution is 2.22. The zero-order valence-electron chi connectivity index (χ0n) is 38.7. The monoisotopic (exact) mass is 851 g/mol. The summed E-state index contributed by atoms with van der Waals surface area (Å²) < 4.78 is 20.5. The third-order valence-electron chi connectivity index (χ3n) is 11.6. The van der Waals surface area contributed by atoms with Gasteiger partial charge >= 0.3 is 24.2 Å². The lowest BCUT2D eigenvalue weighted by Crippen LogP contribution is -2.21. The molecule has 2 fully saturated rings. The lowest BCUT2D eigenvalue weighted by molar-refractivity contribution is -0.217. The molecule has 0 unspecified atom stereocenters. The van der Waals surface area contributed by atoms with E-state index < -0.39 is 24.2 Å². The number of unbranched alkanes of at least 4 members (excludes halogenated alkanes) is 26. The Morgan fingerprint density at radius 1 is 0.367 bits per heavy atom. The molecule has 2 aliphatic rings. The third-order valence-corrected chi connectivity index (χ3v) is 11.6. The topological polar surface area (TPSA) is 124 Å². The van der Waals surface area contributed by atoms with Gasteiger partial charge in [-0.3, -0.25) is 0 Å². The third kappa shape index (κ3) is 38.2. The van der Waals surface area contributed by atoms with E-state index in [-0.39, 0.29) is 25.4 Å². The van der Waals surface area contributed by atoms with Gasteiger partial charge in [0, 0.05) is 12.2 Å². The molecule has 0 aliphatic heterocycles. The normalized spacial score (nSPS) is 14.6. The molecule has 0 N–H and O–H groups in total. The lowest BCUT2D eigenvalue weighted by atomic mass is 9.98. The van der Waals surface area contributed by atoms with E-state index in [2.05, 4.69) is 23.6 Å². The van der Waals surface area contributed by atoms with Crippen molar-refractivity contribution in [2.45, 2.75) is 270 Å². The standard InChI is InChI=1S/C34H66O6.C16H24O4/c1-3-5-7-9-11-13-15-17-19-21-23-25-27-29-31-37-33(35)39-40-34(36)38-32-30-28-26-24-22-20-18-16-14-12-10-8-6-4-2;17-15(19-13-7-3-1-4-8-13)11-12-16(18)20-14-9-5-2-6-10-14/h3-32H2,1-2H3;11-14H,1-10H2/b;12-11-. The van der Waals surface area contributed by atoms with E-state index in [0.29, 0.717) is 0 Å². The van der Waals surface area contributed by atoms with Crippen LogP contribution in [0.25, 0.3) is 0 Å². The predicted octanol–water partition coefficient (Wildman–Crippen LogP) is 15.5. The predicted molar refractivity (Wildman–Crippen MR) is 241 cm³/mol. The zero-order valence-corrected chi connectivity index (χ0v) is 38.7. The van der Waals surface area contributed by atoms with Crippen LogP contribution in [0.3, 0.4) is 0 Å². The van der Waals surface area contributed by atoms with E-state index >= 15 is 0 Å². The van der Waals surface area contributed by atoms with Crippen molar-refractivity contribution in [3.05, 3.63) is 12.2 Å². The summed E-state index contributed by atoms with van der Waals surface area (Å²) in [6.07, 6.45) is 46.7. The molecular weight excluding hydrogens is 761 g/mol. The van der Waals surface area contributed by atoms with Crippen molar-refractivity contribution in [3.8, 4) is 0 Å².